The number of amides is 1. The summed E-state index contributed by atoms with van der Waals surface area (Å²) in [6, 6.07) is 5.98. The third-order valence-corrected chi connectivity index (χ3v) is 5.79. The highest BCUT2D eigenvalue weighted by molar-refractivity contribution is 5.69. The molecule has 0 aliphatic carbocycles. The largest absolute Gasteiger partial charge is 0.482 e. The van der Waals surface area contributed by atoms with Crippen LogP contribution in [0.4, 0.5) is 4.79 Å². The quantitative estimate of drug-likeness (QED) is 0.596. The number of hydrogen-bond acceptors (Lipinski definition) is 7. The van der Waals surface area contributed by atoms with Gasteiger partial charge in [-0.15, -0.1) is 5.10 Å². The molecule has 0 radical (unpaired) electrons. The second-order valence-corrected chi connectivity index (χ2v) is 9.26. The molecule has 10 heteroatoms. The van der Waals surface area contributed by atoms with E-state index in [1.54, 1.807) is 16.4 Å². The van der Waals surface area contributed by atoms with Crippen LogP contribution in [0.15, 0.2) is 18.3 Å². The molecule has 1 saturated heterocycles. The van der Waals surface area contributed by atoms with E-state index < -0.39 is 5.60 Å². The molecule has 0 bridgehead atoms. The minimum Gasteiger partial charge on any atom is -0.482 e. The summed E-state index contributed by atoms with van der Waals surface area (Å²) < 4.78 is 14.7. The van der Waals surface area contributed by atoms with Crippen LogP contribution in [0.3, 0.4) is 0 Å². The van der Waals surface area contributed by atoms with E-state index in [9.17, 15) is 10.1 Å². The maximum absolute atomic E-state index is 12.5. The van der Waals surface area contributed by atoms with Crippen LogP contribution in [-0.4, -0.2) is 61.2 Å². The highest BCUT2D eigenvalue weighted by atomic mass is 16.6. The average molecular weight is 452 g/mol. The standard InChI is InChI=1S/C23H29N7O3/c1-15-21(16-11-19-25-14-18(13-24)29(19)20(12-16)32-5)26-27-30(15)17-7-6-9-28(10-8-17)22(31)33-23(2,3)4/h11-12,14,17H,6-10H2,1-5H3. The minimum atomic E-state index is -0.509. The van der Waals surface area contributed by atoms with E-state index in [1.807, 2.05) is 44.5 Å². The van der Waals surface area contributed by atoms with Gasteiger partial charge in [-0.3, -0.25) is 4.40 Å². The van der Waals surface area contributed by atoms with Gasteiger partial charge in [-0.25, -0.2) is 14.5 Å². The van der Waals surface area contributed by atoms with E-state index in [1.165, 1.54) is 6.20 Å². The summed E-state index contributed by atoms with van der Waals surface area (Å²) in [5.74, 6) is 0.507. The van der Waals surface area contributed by atoms with Gasteiger partial charge >= 0.3 is 6.09 Å². The van der Waals surface area contributed by atoms with Gasteiger partial charge in [-0.2, -0.15) is 5.26 Å². The van der Waals surface area contributed by atoms with Crippen LogP contribution in [0.1, 0.15) is 57.5 Å². The number of carbonyl (C=O) groups excluding carboxylic acids is 1. The molecule has 10 nitrogen and oxygen atoms in total. The summed E-state index contributed by atoms with van der Waals surface area (Å²) >= 11 is 0. The second kappa shape index (κ2) is 8.73. The van der Waals surface area contributed by atoms with E-state index in [-0.39, 0.29) is 12.1 Å². The zero-order valence-corrected chi connectivity index (χ0v) is 19.7. The fourth-order valence-corrected chi connectivity index (χ4v) is 4.23. The molecule has 1 atom stereocenters. The summed E-state index contributed by atoms with van der Waals surface area (Å²) in [5.41, 5.74) is 3.00. The molecule has 3 aromatic heterocycles. The lowest BCUT2D eigenvalue weighted by molar-refractivity contribution is 0.0255. The molecular formula is C23H29N7O3. The summed E-state index contributed by atoms with van der Waals surface area (Å²) in [7, 11) is 1.56. The van der Waals surface area contributed by atoms with Crippen molar-refractivity contribution < 1.29 is 14.3 Å². The number of rotatable bonds is 3. The first-order valence-corrected chi connectivity index (χ1v) is 11.1. The molecule has 1 unspecified atom stereocenters. The first-order valence-electron chi connectivity index (χ1n) is 11.1. The molecule has 3 aromatic rings. The molecule has 0 aromatic carbocycles. The van der Waals surface area contributed by atoms with Crippen LogP contribution < -0.4 is 4.74 Å². The molecule has 1 fully saturated rings. The number of pyridine rings is 1. The van der Waals surface area contributed by atoms with E-state index in [0.29, 0.717) is 30.3 Å². The maximum atomic E-state index is 12.5. The van der Waals surface area contributed by atoms with Crippen LogP contribution in [0, 0.1) is 18.3 Å². The minimum absolute atomic E-state index is 0.140. The lowest BCUT2D eigenvalue weighted by Gasteiger charge is -2.26. The first kappa shape index (κ1) is 22.6. The van der Waals surface area contributed by atoms with Crippen LogP contribution >= 0.6 is 0 Å². The van der Waals surface area contributed by atoms with Crippen molar-refractivity contribution in [1.82, 2.24) is 29.3 Å². The predicted octanol–water partition coefficient (Wildman–Crippen LogP) is 3.74. The van der Waals surface area contributed by atoms with Crippen LogP contribution in [0.5, 0.6) is 5.88 Å². The lowest BCUT2D eigenvalue weighted by Crippen LogP contribution is -2.37. The van der Waals surface area contributed by atoms with E-state index in [0.717, 1.165) is 36.2 Å². The van der Waals surface area contributed by atoms with Crippen LogP contribution in [0.25, 0.3) is 16.9 Å². The molecule has 0 spiro atoms. The van der Waals surface area contributed by atoms with Gasteiger partial charge in [-0.1, -0.05) is 5.21 Å². The molecule has 4 heterocycles. The van der Waals surface area contributed by atoms with Crippen molar-refractivity contribution in [3.63, 3.8) is 0 Å². The SMILES string of the molecule is COc1cc(-c2nnn(C3CCCN(C(=O)OC(C)(C)C)CC3)c2C)cc2ncc(C#N)n12. The molecule has 0 saturated carbocycles. The lowest BCUT2D eigenvalue weighted by atomic mass is 10.1. The Balaban J connectivity index is 1.57. The molecule has 4 rings (SSSR count). The molecule has 33 heavy (non-hydrogen) atoms. The normalized spacial score (nSPS) is 17.0. The van der Waals surface area contributed by atoms with Gasteiger partial charge in [0.25, 0.3) is 0 Å². The second-order valence-electron chi connectivity index (χ2n) is 9.26. The van der Waals surface area contributed by atoms with Gasteiger partial charge in [0.05, 0.1) is 25.0 Å². The predicted molar refractivity (Wildman–Crippen MR) is 121 cm³/mol. The van der Waals surface area contributed by atoms with Crippen molar-refractivity contribution >= 4 is 11.7 Å². The fourth-order valence-electron chi connectivity index (χ4n) is 4.23. The third kappa shape index (κ3) is 4.49. The number of nitriles is 1. The third-order valence-electron chi connectivity index (χ3n) is 5.79. The fraction of sp³-hybridized carbons (Fsp3) is 0.522. The number of aromatic nitrogens is 5. The molecule has 1 amide bonds. The van der Waals surface area contributed by atoms with Gasteiger partial charge < -0.3 is 14.4 Å². The van der Waals surface area contributed by atoms with Crippen molar-refractivity contribution in [2.75, 3.05) is 20.2 Å². The van der Waals surface area contributed by atoms with Crippen molar-refractivity contribution in [1.29, 1.82) is 5.26 Å². The van der Waals surface area contributed by atoms with Crippen molar-refractivity contribution in [3.05, 3.63) is 29.7 Å². The van der Waals surface area contributed by atoms with Gasteiger partial charge in [-0.05, 0) is 53.0 Å². The van der Waals surface area contributed by atoms with Crippen molar-refractivity contribution in [2.24, 2.45) is 0 Å². The summed E-state index contributed by atoms with van der Waals surface area (Å²) in [5, 5.41) is 18.2. The average Bonchev–Trinajstić information content (AvgIpc) is 3.26. The Morgan fingerprint density at radius 2 is 2.03 bits per heavy atom. The summed E-state index contributed by atoms with van der Waals surface area (Å²) in [6.45, 7) is 8.91. The monoisotopic (exact) mass is 451 g/mol. The number of hydrogen-bond donors (Lipinski definition) is 0. The Hall–Kier alpha value is -3.61. The molecule has 1 aliphatic rings. The summed E-state index contributed by atoms with van der Waals surface area (Å²) in [6.07, 6.45) is 3.79. The van der Waals surface area contributed by atoms with Gasteiger partial charge in [0.2, 0.25) is 5.88 Å². The van der Waals surface area contributed by atoms with E-state index >= 15 is 0 Å². The first-order chi connectivity index (χ1) is 15.7. The Morgan fingerprint density at radius 3 is 2.73 bits per heavy atom. The Morgan fingerprint density at radius 1 is 1.24 bits per heavy atom. The van der Waals surface area contributed by atoms with Crippen LogP contribution in [0.2, 0.25) is 0 Å². The van der Waals surface area contributed by atoms with Crippen molar-refractivity contribution in [3.8, 4) is 23.2 Å². The van der Waals surface area contributed by atoms with Crippen molar-refractivity contribution in [2.45, 2.75) is 58.6 Å². The maximum Gasteiger partial charge on any atom is 0.410 e. The Bertz CT molecular complexity index is 1220. The smallest absolute Gasteiger partial charge is 0.410 e. The Labute approximate surface area is 192 Å². The van der Waals surface area contributed by atoms with Gasteiger partial charge in [0.1, 0.15) is 28.7 Å². The number of ether oxygens (including phenoxy) is 2. The molecule has 1 aliphatic heterocycles. The highest BCUT2D eigenvalue weighted by Gasteiger charge is 2.27. The van der Waals surface area contributed by atoms with Gasteiger partial charge in [0, 0.05) is 24.7 Å². The van der Waals surface area contributed by atoms with Gasteiger partial charge in [0.15, 0.2) is 0 Å². The molecule has 0 N–H and O–H groups in total. The number of nitrogens with zero attached hydrogens (tertiary/aromatic N) is 7. The number of methoxy groups -OCH3 is 1. The number of fused-ring (bicyclic) bond motifs is 1. The number of likely N-dealkylation sites (tertiary alicyclic amines) is 1. The molecular weight excluding hydrogens is 422 g/mol. The zero-order valence-electron chi connectivity index (χ0n) is 19.7. The number of carbonyl (C=O) groups is 1. The van der Waals surface area contributed by atoms with E-state index in [4.69, 9.17) is 9.47 Å². The highest BCUT2D eigenvalue weighted by Crippen LogP contribution is 2.31. The summed E-state index contributed by atoms with van der Waals surface area (Å²) in [4.78, 5) is 18.6. The number of imidazole rings is 1. The topological polar surface area (TPSA) is 111 Å². The Kier molecular flexibility index (Phi) is 5.97. The molecule has 174 valence electrons. The zero-order chi connectivity index (χ0) is 23.8. The van der Waals surface area contributed by atoms with E-state index in [2.05, 4.69) is 21.4 Å². The van der Waals surface area contributed by atoms with Crippen LogP contribution in [-0.2, 0) is 4.74 Å².